The number of carbonyl (C=O) groups is 3. The highest BCUT2D eigenvalue weighted by molar-refractivity contribution is 5.91. The van der Waals surface area contributed by atoms with Crippen molar-refractivity contribution in [3.8, 4) is 5.75 Å². The van der Waals surface area contributed by atoms with E-state index in [9.17, 15) is 9.59 Å². The van der Waals surface area contributed by atoms with Gasteiger partial charge in [-0.15, -0.1) is 0 Å². The Bertz CT molecular complexity index is 901. The summed E-state index contributed by atoms with van der Waals surface area (Å²) in [5, 5.41) is 7.84. The van der Waals surface area contributed by atoms with Gasteiger partial charge < -0.3 is 29.4 Å². The van der Waals surface area contributed by atoms with Gasteiger partial charge >= 0.3 is 12.1 Å². The minimum atomic E-state index is -0.470. The van der Waals surface area contributed by atoms with E-state index in [1.807, 2.05) is 59.3 Å². The molecule has 1 amide bonds. The van der Waals surface area contributed by atoms with Crippen LogP contribution in [0.1, 0.15) is 45.6 Å². The van der Waals surface area contributed by atoms with Crippen molar-refractivity contribution in [2.45, 2.75) is 52.1 Å². The number of esters is 1. The molecule has 2 aromatic rings. The first-order valence-corrected chi connectivity index (χ1v) is 10.9. The van der Waals surface area contributed by atoms with Crippen LogP contribution in [0.2, 0.25) is 0 Å². The van der Waals surface area contributed by atoms with Crippen molar-refractivity contribution in [2.75, 3.05) is 34.2 Å². The maximum absolute atomic E-state index is 12.6. The van der Waals surface area contributed by atoms with Crippen LogP contribution in [-0.4, -0.2) is 78.3 Å². The van der Waals surface area contributed by atoms with E-state index in [4.69, 9.17) is 19.4 Å². The second-order valence-electron chi connectivity index (χ2n) is 8.98. The molecule has 0 aliphatic rings. The van der Waals surface area contributed by atoms with Crippen molar-refractivity contribution < 1.29 is 29.0 Å². The Morgan fingerprint density at radius 1 is 1.12 bits per heavy atom. The molecule has 2 N–H and O–H groups in total. The molecule has 0 bridgehead atoms. The van der Waals surface area contributed by atoms with Gasteiger partial charge in [-0.2, -0.15) is 0 Å². The first-order chi connectivity index (χ1) is 15.5. The summed E-state index contributed by atoms with van der Waals surface area (Å²) in [5.74, 6) is 0.352. The molecule has 0 radical (unpaired) electrons. The number of hydrogen-bond acceptors (Lipinski definition) is 6. The first-order valence-electron chi connectivity index (χ1n) is 10.9. The second-order valence-corrected chi connectivity index (χ2v) is 8.98. The van der Waals surface area contributed by atoms with E-state index in [-0.39, 0.29) is 12.4 Å². The molecule has 0 fully saturated rings. The standard InChI is InChI=1S/C23H35N3O4.CH2O2/c1-23(2,3)30-20(27)12-7-8-14-26(6)22(28)29-19-11-9-10-18-21(19)17(16-24-18)13-15-25(4)5;2-1-3/h9-11,16,24H,7-8,12-15H2,1-6H3;1H,(H,2,3). The number of amides is 1. The summed E-state index contributed by atoms with van der Waals surface area (Å²) in [6, 6.07) is 5.67. The minimum Gasteiger partial charge on any atom is -0.483 e. The second kappa shape index (κ2) is 13.5. The number of hydrogen-bond donors (Lipinski definition) is 2. The zero-order valence-corrected chi connectivity index (χ0v) is 20.5. The van der Waals surface area contributed by atoms with E-state index in [1.54, 1.807) is 11.9 Å². The van der Waals surface area contributed by atoms with Gasteiger partial charge in [0.2, 0.25) is 0 Å². The quantitative estimate of drug-likeness (QED) is 0.329. The van der Waals surface area contributed by atoms with Crippen LogP contribution in [0.4, 0.5) is 4.79 Å². The number of aromatic amines is 1. The summed E-state index contributed by atoms with van der Waals surface area (Å²) in [6.07, 6.45) is 4.15. The lowest BCUT2D eigenvalue weighted by atomic mass is 10.1. The Kier molecular flexibility index (Phi) is 11.4. The Morgan fingerprint density at radius 2 is 1.79 bits per heavy atom. The van der Waals surface area contributed by atoms with Crippen LogP contribution in [-0.2, 0) is 20.7 Å². The molecular formula is C24H37N3O6. The van der Waals surface area contributed by atoms with E-state index >= 15 is 0 Å². The smallest absolute Gasteiger partial charge is 0.414 e. The van der Waals surface area contributed by atoms with Gasteiger partial charge in [0.05, 0.1) is 0 Å². The SMILES string of the molecule is CN(C)CCc1c[nH]c2cccc(OC(=O)N(C)CCCCC(=O)OC(C)(C)C)c12.O=CO. The average Bonchev–Trinajstić information content (AvgIpc) is 3.13. The van der Waals surface area contributed by atoms with Crippen molar-refractivity contribution in [3.63, 3.8) is 0 Å². The number of unbranched alkanes of at least 4 members (excludes halogenated alkanes) is 1. The van der Waals surface area contributed by atoms with Gasteiger partial charge in [-0.25, -0.2) is 4.79 Å². The van der Waals surface area contributed by atoms with Crippen molar-refractivity contribution in [3.05, 3.63) is 30.0 Å². The van der Waals surface area contributed by atoms with Gasteiger partial charge in [-0.3, -0.25) is 9.59 Å². The van der Waals surface area contributed by atoms with Crippen LogP contribution < -0.4 is 4.74 Å². The van der Waals surface area contributed by atoms with Crippen molar-refractivity contribution in [1.82, 2.24) is 14.8 Å². The maximum atomic E-state index is 12.6. The van der Waals surface area contributed by atoms with Crippen molar-refractivity contribution >= 4 is 29.4 Å². The average molecular weight is 464 g/mol. The molecule has 33 heavy (non-hydrogen) atoms. The summed E-state index contributed by atoms with van der Waals surface area (Å²) in [4.78, 5) is 39.6. The van der Waals surface area contributed by atoms with Crippen molar-refractivity contribution in [2.24, 2.45) is 0 Å². The number of ether oxygens (including phenoxy) is 2. The monoisotopic (exact) mass is 463 g/mol. The lowest BCUT2D eigenvalue weighted by molar-refractivity contribution is -0.154. The van der Waals surface area contributed by atoms with Crippen LogP contribution in [0.25, 0.3) is 10.9 Å². The molecule has 1 aromatic heterocycles. The predicted molar refractivity (Wildman–Crippen MR) is 128 cm³/mol. The molecule has 2 rings (SSSR count). The Labute approximate surface area is 195 Å². The normalized spacial score (nSPS) is 11.0. The van der Waals surface area contributed by atoms with Gasteiger partial charge in [-0.1, -0.05) is 6.07 Å². The highest BCUT2D eigenvalue weighted by Crippen LogP contribution is 2.29. The predicted octanol–water partition coefficient (Wildman–Crippen LogP) is 3.92. The molecule has 9 nitrogen and oxygen atoms in total. The lowest BCUT2D eigenvalue weighted by Gasteiger charge is -2.20. The van der Waals surface area contributed by atoms with Crippen LogP contribution in [0.5, 0.6) is 5.75 Å². The highest BCUT2D eigenvalue weighted by atomic mass is 16.6. The molecule has 0 aliphatic carbocycles. The van der Waals surface area contributed by atoms with Crippen molar-refractivity contribution in [1.29, 1.82) is 0 Å². The largest absolute Gasteiger partial charge is 0.483 e. The molecule has 0 saturated carbocycles. The zero-order chi connectivity index (χ0) is 25.0. The van der Waals surface area contributed by atoms with Gasteiger partial charge in [0.1, 0.15) is 11.4 Å². The fourth-order valence-electron chi connectivity index (χ4n) is 3.12. The third-order valence-electron chi connectivity index (χ3n) is 4.63. The molecular weight excluding hydrogens is 426 g/mol. The third-order valence-corrected chi connectivity index (χ3v) is 4.63. The number of fused-ring (bicyclic) bond motifs is 1. The Morgan fingerprint density at radius 3 is 2.39 bits per heavy atom. The summed E-state index contributed by atoms with van der Waals surface area (Å²) >= 11 is 0. The maximum Gasteiger partial charge on any atom is 0.414 e. The van der Waals surface area contributed by atoms with Gasteiger partial charge in [0.15, 0.2) is 0 Å². The molecule has 0 saturated heterocycles. The molecule has 1 heterocycles. The molecule has 184 valence electrons. The molecule has 0 unspecified atom stereocenters. The van der Waals surface area contributed by atoms with E-state index in [1.165, 1.54) is 0 Å². The van der Waals surface area contributed by atoms with Crippen LogP contribution in [0.3, 0.4) is 0 Å². The number of carbonyl (C=O) groups excluding carboxylic acids is 2. The van der Waals surface area contributed by atoms with Gasteiger partial charge in [0, 0.05) is 43.7 Å². The zero-order valence-electron chi connectivity index (χ0n) is 20.5. The Balaban J connectivity index is 0.00000172. The first kappa shape index (κ1) is 28.0. The van der Waals surface area contributed by atoms with Crippen LogP contribution >= 0.6 is 0 Å². The van der Waals surface area contributed by atoms with E-state index < -0.39 is 11.7 Å². The number of H-pyrrole nitrogens is 1. The van der Waals surface area contributed by atoms with Crippen LogP contribution in [0.15, 0.2) is 24.4 Å². The molecule has 0 aliphatic heterocycles. The van der Waals surface area contributed by atoms with Crippen LogP contribution in [0, 0.1) is 0 Å². The van der Waals surface area contributed by atoms with Gasteiger partial charge in [0.25, 0.3) is 6.47 Å². The molecule has 9 heteroatoms. The summed E-state index contributed by atoms with van der Waals surface area (Å²) < 4.78 is 11.0. The minimum absolute atomic E-state index is 0.211. The fourth-order valence-corrected chi connectivity index (χ4v) is 3.12. The third kappa shape index (κ3) is 10.4. The van der Waals surface area contributed by atoms with E-state index in [0.717, 1.165) is 29.4 Å². The summed E-state index contributed by atoms with van der Waals surface area (Å²) in [5.41, 5.74) is 1.61. The molecule has 1 aromatic carbocycles. The lowest BCUT2D eigenvalue weighted by Crippen LogP contribution is -2.30. The number of aromatic nitrogens is 1. The topological polar surface area (TPSA) is 112 Å². The van der Waals surface area contributed by atoms with E-state index in [2.05, 4.69) is 9.88 Å². The summed E-state index contributed by atoms with van der Waals surface area (Å²) in [6.45, 7) is 6.73. The number of rotatable bonds is 9. The van der Waals surface area contributed by atoms with Gasteiger partial charge in [-0.05, 0) is 71.8 Å². The van der Waals surface area contributed by atoms with E-state index in [0.29, 0.717) is 31.6 Å². The number of likely N-dealkylation sites (N-methyl/N-ethyl adjacent to an activating group) is 1. The number of benzene rings is 1. The molecule has 0 atom stereocenters. The summed E-state index contributed by atoms with van der Waals surface area (Å²) in [7, 11) is 5.78. The number of nitrogens with one attached hydrogen (secondary N) is 1. The Hall–Kier alpha value is -3.07. The fraction of sp³-hybridized carbons (Fsp3) is 0.542. The number of carboxylic acid groups (broad SMARTS) is 1. The molecule has 0 spiro atoms. The number of nitrogens with zero attached hydrogens (tertiary/aromatic N) is 2. The highest BCUT2D eigenvalue weighted by Gasteiger charge is 2.18.